The largest absolute Gasteiger partial charge is 0.484 e. The van der Waals surface area contributed by atoms with Gasteiger partial charge in [0.1, 0.15) is 5.75 Å². The van der Waals surface area contributed by atoms with Crippen LogP contribution in [0.3, 0.4) is 0 Å². The van der Waals surface area contributed by atoms with Crippen LogP contribution in [0.15, 0.2) is 48.5 Å². The Hall–Kier alpha value is -2.37. The maximum atomic E-state index is 12.3. The summed E-state index contributed by atoms with van der Waals surface area (Å²) in [4.78, 5) is 14.6. The Kier molecular flexibility index (Phi) is 6.70. The normalized spacial score (nSPS) is 15.2. The van der Waals surface area contributed by atoms with Gasteiger partial charge in [-0.15, -0.1) is 0 Å². The molecule has 0 aliphatic carbocycles. The van der Waals surface area contributed by atoms with Gasteiger partial charge in [-0.2, -0.15) is 0 Å². The summed E-state index contributed by atoms with van der Waals surface area (Å²) < 4.78 is 11.0. The first-order valence-electron chi connectivity index (χ1n) is 9.82. The maximum Gasteiger partial charge on any atom is 0.262 e. The van der Waals surface area contributed by atoms with Crippen LogP contribution in [0.25, 0.3) is 0 Å². The average Bonchev–Trinajstić information content (AvgIpc) is 2.67. The molecular formula is C23H30N2O3. The van der Waals surface area contributed by atoms with Gasteiger partial charge >= 0.3 is 0 Å². The fourth-order valence-corrected chi connectivity index (χ4v) is 3.16. The number of carbonyl (C=O) groups is 1. The van der Waals surface area contributed by atoms with Crippen LogP contribution < -0.4 is 10.1 Å². The second-order valence-corrected chi connectivity index (χ2v) is 8.20. The van der Waals surface area contributed by atoms with E-state index in [0.29, 0.717) is 5.75 Å². The Morgan fingerprint density at radius 2 is 1.82 bits per heavy atom. The Morgan fingerprint density at radius 3 is 2.50 bits per heavy atom. The van der Waals surface area contributed by atoms with Gasteiger partial charge < -0.3 is 14.8 Å². The van der Waals surface area contributed by atoms with Crippen molar-refractivity contribution in [1.29, 1.82) is 0 Å². The standard InChI is InChI=1S/C23H30N2O3/c1-23(2,3)19-7-9-21(10-8-19)28-17-22(26)24-20-6-4-5-18(15-20)16-25-11-13-27-14-12-25/h4-10,15H,11-14,16-17H2,1-3H3,(H,24,26). The van der Waals surface area contributed by atoms with Crippen LogP contribution in [0.5, 0.6) is 5.75 Å². The molecule has 1 aliphatic heterocycles. The first kappa shape index (κ1) is 20.4. The van der Waals surface area contributed by atoms with E-state index < -0.39 is 0 Å². The van der Waals surface area contributed by atoms with Crippen LogP contribution in [-0.2, 0) is 21.5 Å². The number of amides is 1. The van der Waals surface area contributed by atoms with E-state index in [1.165, 1.54) is 11.1 Å². The summed E-state index contributed by atoms with van der Waals surface area (Å²) in [5.41, 5.74) is 3.31. The summed E-state index contributed by atoms with van der Waals surface area (Å²) in [5, 5.41) is 2.92. The van der Waals surface area contributed by atoms with Crippen molar-refractivity contribution in [1.82, 2.24) is 4.90 Å². The maximum absolute atomic E-state index is 12.3. The van der Waals surface area contributed by atoms with Crippen LogP contribution in [0, 0.1) is 0 Å². The SMILES string of the molecule is CC(C)(C)c1ccc(OCC(=O)Nc2cccc(CN3CCOCC3)c2)cc1. The Labute approximate surface area is 167 Å². The van der Waals surface area contributed by atoms with E-state index in [1.807, 2.05) is 42.5 Å². The number of nitrogens with one attached hydrogen (secondary N) is 1. The average molecular weight is 383 g/mol. The summed E-state index contributed by atoms with van der Waals surface area (Å²) in [5.74, 6) is 0.535. The molecule has 28 heavy (non-hydrogen) atoms. The van der Waals surface area contributed by atoms with Crippen molar-refractivity contribution in [2.24, 2.45) is 0 Å². The van der Waals surface area contributed by atoms with E-state index in [-0.39, 0.29) is 17.9 Å². The molecule has 0 aromatic heterocycles. The smallest absolute Gasteiger partial charge is 0.262 e. The summed E-state index contributed by atoms with van der Waals surface area (Å²) in [7, 11) is 0. The van der Waals surface area contributed by atoms with Gasteiger partial charge in [0.25, 0.3) is 5.91 Å². The minimum atomic E-state index is -0.163. The number of hydrogen-bond donors (Lipinski definition) is 1. The molecule has 3 rings (SSSR count). The molecule has 1 fully saturated rings. The van der Waals surface area contributed by atoms with Crippen molar-refractivity contribution in [2.75, 3.05) is 38.2 Å². The Balaban J connectivity index is 1.50. The monoisotopic (exact) mass is 382 g/mol. The molecule has 2 aromatic carbocycles. The van der Waals surface area contributed by atoms with E-state index in [2.05, 4.69) is 37.1 Å². The van der Waals surface area contributed by atoms with Gasteiger partial charge in [0.05, 0.1) is 13.2 Å². The molecular weight excluding hydrogens is 352 g/mol. The third-order valence-corrected chi connectivity index (χ3v) is 4.81. The number of anilines is 1. The van der Waals surface area contributed by atoms with Crippen LogP contribution in [-0.4, -0.2) is 43.7 Å². The van der Waals surface area contributed by atoms with Crippen molar-refractivity contribution in [3.63, 3.8) is 0 Å². The second kappa shape index (κ2) is 9.22. The lowest BCUT2D eigenvalue weighted by Gasteiger charge is -2.26. The molecule has 1 aliphatic rings. The zero-order valence-electron chi connectivity index (χ0n) is 17.0. The molecule has 0 spiro atoms. The van der Waals surface area contributed by atoms with E-state index in [4.69, 9.17) is 9.47 Å². The van der Waals surface area contributed by atoms with Gasteiger partial charge in [-0.1, -0.05) is 45.0 Å². The molecule has 0 radical (unpaired) electrons. The van der Waals surface area contributed by atoms with Crippen molar-refractivity contribution in [3.8, 4) is 5.75 Å². The minimum absolute atomic E-state index is 0.0114. The zero-order valence-corrected chi connectivity index (χ0v) is 17.0. The molecule has 1 amide bonds. The third kappa shape index (κ3) is 6.08. The Morgan fingerprint density at radius 1 is 1.11 bits per heavy atom. The first-order chi connectivity index (χ1) is 13.4. The number of rotatable bonds is 6. The summed E-state index contributed by atoms with van der Waals surface area (Å²) in [6.07, 6.45) is 0. The van der Waals surface area contributed by atoms with E-state index in [0.717, 1.165) is 38.5 Å². The predicted octanol–water partition coefficient (Wildman–Crippen LogP) is 3.83. The molecule has 5 nitrogen and oxygen atoms in total. The van der Waals surface area contributed by atoms with Crippen LogP contribution in [0.1, 0.15) is 31.9 Å². The number of ether oxygens (including phenoxy) is 2. The number of nitrogens with zero attached hydrogens (tertiary/aromatic N) is 1. The molecule has 1 heterocycles. The van der Waals surface area contributed by atoms with E-state index >= 15 is 0 Å². The molecule has 2 aromatic rings. The molecule has 0 bridgehead atoms. The lowest BCUT2D eigenvalue weighted by Crippen LogP contribution is -2.35. The van der Waals surface area contributed by atoms with Gasteiger partial charge in [0, 0.05) is 25.3 Å². The van der Waals surface area contributed by atoms with Gasteiger partial charge in [-0.25, -0.2) is 0 Å². The highest BCUT2D eigenvalue weighted by Gasteiger charge is 2.14. The molecule has 150 valence electrons. The zero-order chi connectivity index (χ0) is 20.0. The quantitative estimate of drug-likeness (QED) is 0.825. The number of benzene rings is 2. The highest BCUT2D eigenvalue weighted by Crippen LogP contribution is 2.24. The van der Waals surface area contributed by atoms with Crippen molar-refractivity contribution < 1.29 is 14.3 Å². The number of morpholine rings is 1. The fourth-order valence-electron chi connectivity index (χ4n) is 3.16. The Bertz CT molecular complexity index is 775. The van der Waals surface area contributed by atoms with Crippen LogP contribution >= 0.6 is 0 Å². The molecule has 0 unspecified atom stereocenters. The van der Waals surface area contributed by atoms with Crippen molar-refractivity contribution >= 4 is 11.6 Å². The minimum Gasteiger partial charge on any atom is -0.484 e. The molecule has 0 saturated carbocycles. The summed E-state index contributed by atoms with van der Waals surface area (Å²) >= 11 is 0. The van der Waals surface area contributed by atoms with Crippen molar-refractivity contribution in [3.05, 3.63) is 59.7 Å². The van der Waals surface area contributed by atoms with E-state index in [9.17, 15) is 4.79 Å². The molecule has 5 heteroatoms. The topological polar surface area (TPSA) is 50.8 Å². The summed E-state index contributed by atoms with van der Waals surface area (Å²) in [6.45, 7) is 10.8. The van der Waals surface area contributed by atoms with E-state index in [1.54, 1.807) is 0 Å². The van der Waals surface area contributed by atoms with Crippen molar-refractivity contribution in [2.45, 2.75) is 32.7 Å². The number of hydrogen-bond acceptors (Lipinski definition) is 4. The van der Waals surface area contributed by atoms with Gasteiger partial charge in [0.2, 0.25) is 0 Å². The van der Waals surface area contributed by atoms with Gasteiger partial charge in [0.15, 0.2) is 6.61 Å². The highest BCUT2D eigenvalue weighted by atomic mass is 16.5. The molecule has 0 atom stereocenters. The molecule has 1 N–H and O–H groups in total. The fraction of sp³-hybridized carbons (Fsp3) is 0.435. The number of carbonyl (C=O) groups excluding carboxylic acids is 1. The third-order valence-electron chi connectivity index (χ3n) is 4.81. The second-order valence-electron chi connectivity index (χ2n) is 8.20. The highest BCUT2D eigenvalue weighted by molar-refractivity contribution is 5.91. The summed E-state index contributed by atoms with van der Waals surface area (Å²) in [6, 6.07) is 15.9. The predicted molar refractivity (Wildman–Crippen MR) is 112 cm³/mol. The lowest BCUT2D eigenvalue weighted by atomic mass is 9.87. The van der Waals surface area contributed by atoms with Crippen LogP contribution in [0.2, 0.25) is 0 Å². The first-order valence-corrected chi connectivity index (χ1v) is 9.82. The van der Waals surface area contributed by atoms with Gasteiger partial charge in [-0.3, -0.25) is 9.69 Å². The van der Waals surface area contributed by atoms with Gasteiger partial charge in [-0.05, 0) is 40.8 Å². The molecule has 1 saturated heterocycles. The lowest BCUT2D eigenvalue weighted by molar-refractivity contribution is -0.118. The van der Waals surface area contributed by atoms with Crippen LogP contribution in [0.4, 0.5) is 5.69 Å².